The molecule has 0 aromatic heterocycles. The van der Waals surface area contributed by atoms with Crippen LogP contribution in [-0.4, -0.2) is 59.5 Å². The number of rotatable bonds is 19. The van der Waals surface area contributed by atoms with Crippen LogP contribution in [0.3, 0.4) is 0 Å². The number of hydrogen-bond donors (Lipinski definition) is 0. The first-order chi connectivity index (χ1) is 11.7. The summed E-state index contributed by atoms with van der Waals surface area (Å²) in [7, 11) is -3.61. The molecule has 0 saturated heterocycles. The summed E-state index contributed by atoms with van der Waals surface area (Å²) in [5, 5.41) is 0. The van der Waals surface area contributed by atoms with Crippen molar-refractivity contribution in [3.05, 3.63) is 0 Å². The Morgan fingerprint density at radius 3 is 1.33 bits per heavy atom. The Labute approximate surface area is 146 Å². The second kappa shape index (κ2) is 17.8. The predicted molar refractivity (Wildman–Crippen MR) is 93.4 cm³/mol. The number of unbranched alkanes of at least 4 members (excludes halogenated alkanes) is 1. The van der Waals surface area contributed by atoms with E-state index in [2.05, 4.69) is 6.92 Å². The van der Waals surface area contributed by atoms with Gasteiger partial charge in [0.25, 0.3) is 0 Å². The van der Waals surface area contributed by atoms with E-state index in [0.29, 0.717) is 39.6 Å². The fourth-order valence-corrected chi connectivity index (χ4v) is 2.70. The molecule has 0 aromatic rings. The lowest BCUT2D eigenvalue weighted by molar-refractivity contribution is 0.0338. The molecule has 0 aliphatic rings. The summed E-state index contributed by atoms with van der Waals surface area (Å²) >= 11 is 0. The maximum atomic E-state index is 12.5. The van der Waals surface area contributed by atoms with Crippen LogP contribution in [0.1, 0.15) is 46.5 Å². The number of hydrogen-bond acceptors (Lipinski definition) is 7. The lowest BCUT2D eigenvalue weighted by atomic mass is 10.4. The summed E-state index contributed by atoms with van der Waals surface area (Å²) in [6, 6.07) is 0. The van der Waals surface area contributed by atoms with Crippen molar-refractivity contribution < 1.29 is 32.3 Å². The molecule has 8 heteroatoms. The Balaban J connectivity index is 4.03. The first-order valence-electron chi connectivity index (χ1n) is 8.95. The molecule has 146 valence electrons. The molecule has 0 N–H and O–H groups in total. The van der Waals surface area contributed by atoms with Gasteiger partial charge in [0.1, 0.15) is 0 Å². The fourth-order valence-electron chi connectivity index (χ4n) is 1.58. The largest absolute Gasteiger partial charge is 0.475 e. The van der Waals surface area contributed by atoms with E-state index in [9.17, 15) is 4.57 Å². The SMILES string of the molecule is CCCCOCCOP(=O)(OCCOCCC)OCCOCCC. The van der Waals surface area contributed by atoms with E-state index < -0.39 is 7.82 Å². The lowest BCUT2D eigenvalue weighted by Gasteiger charge is -2.18. The van der Waals surface area contributed by atoms with Crippen LogP contribution in [0, 0.1) is 0 Å². The molecule has 0 unspecified atom stereocenters. The predicted octanol–water partition coefficient (Wildman–Crippen LogP) is 3.81. The zero-order chi connectivity index (χ0) is 17.9. The third kappa shape index (κ3) is 15.5. The van der Waals surface area contributed by atoms with Gasteiger partial charge in [-0.1, -0.05) is 27.2 Å². The first-order valence-corrected chi connectivity index (χ1v) is 10.4. The molecule has 0 saturated carbocycles. The van der Waals surface area contributed by atoms with Gasteiger partial charge in [0.05, 0.1) is 39.6 Å². The van der Waals surface area contributed by atoms with Gasteiger partial charge in [0, 0.05) is 19.8 Å². The van der Waals surface area contributed by atoms with Crippen LogP contribution in [0.2, 0.25) is 0 Å². The van der Waals surface area contributed by atoms with Gasteiger partial charge < -0.3 is 14.2 Å². The maximum Gasteiger partial charge on any atom is 0.475 e. The van der Waals surface area contributed by atoms with Gasteiger partial charge in [-0.15, -0.1) is 0 Å². The Bertz CT molecular complexity index is 284. The highest BCUT2D eigenvalue weighted by Crippen LogP contribution is 2.49. The van der Waals surface area contributed by atoms with E-state index >= 15 is 0 Å². The molecule has 0 radical (unpaired) electrons. The highest BCUT2D eigenvalue weighted by molar-refractivity contribution is 7.48. The van der Waals surface area contributed by atoms with Crippen LogP contribution in [-0.2, 0) is 32.3 Å². The molecule has 0 amide bonds. The zero-order valence-corrected chi connectivity index (χ0v) is 16.4. The van der Waals surface area contributed by atoms with Crippen molar-refractivity contribution in [2.24, 2.45) is 0 Å². The van der Waals surface area contributed by atoms with Crippen molar-refractivity contribution in [2.75, 3.05) is 59.5 Å². The van der Waals surface area contributed by atoms with Crippen molar-refractivity contribution in [1.29, 1.82) is 0 Å². The average molecular weight is 370 g/mol. The van der Waals surface area contributed by atoms with E-state index in [1.54, 1.807) is 0 Å². The molecule has 0 rings (SSSR count). The lowest BCUT2D eigenvalue weighted by Crippen LogP contribution is -2.12. The van der Waals surface area contributed by atoms with E-state index in [1.807, 2.05) is 13.8 Å². The van der Waals surface area contributed by atoms with Gasteiger partial charge in [-0.25, -0.2) is 4.57 Å². The normalized spacial score (nSPS) is 12.0. The Morgan fingerprint density at radius 1 is 0.542 bits per heavy atom. The van der Waals surface area contributed by atoms with Crippen LogP contribution in [0.5, 0.6) is 0 Å². The summed E-state index contributed by atoms with van der Waals surface area (Å²) in [6.45, 7) is 9.62. The second-order valence-electron chi connectivity index (χ2n) is 5.14. The molecule has 0 spiro atoms. The Kier molecular flexibility index (Phi) is 17.8. The molecular formula is C16H35O7P. The van der Waals surface area contributed by atoms with Crippen molar-refractivity contribution >= 4 is 7.82 Å². The molecule has 7 nitrogen and oxygen atoms in total. The minimum atomic E-state index is -3.61. The molecule has 0 fully saturated rings. The molecule has 0 aromatic carbocycles. The van der Waals surface area contributed by atoms with E-state index in [1.165, 1.54) is 0 Å². The summed E-state index contributed by atoms with van der Waals surface area (Å²) < 4.78 is 44.4. The van der Waals surface area contributed by atoms with Gasteiger partial charge in [0.15, 0.2) is 0 Å². The molecule has 0 heterocycles. The molecule has 0 aliphatic carbocycles. The van der Waals surface area contributed by atoms with Crippen LogP contribution in [0.15, 0.2) is 0 Å². The summed E-state index contributed by atoms with van der Waals surface area (Å²) in [5.74, 6) is 0. The third-order valence-electron chi connectivity index (χ3n) is 2.77. The minimum Gasteiger partial charge on any atom is -0.379 e. The summed E-state index contributed by atoms with van der Waals surface area (Å²) in [6.07, 6.45) is 3.92. The summed E-state index contributed by atoms with van der Waals surface area (Å²) in [5.41, 5.74) is 0. The highest BCUT2D eigenvalue weighted by atomic mass is 31.2. The van der Waals surface area contributed by atoms with Crippen LogP contribution in [0.25, 0.3) is 0 Å². The Morgan fingerprint density at radius 2 is 0.958 bits per heavy atom. The standard InChI is InChI=1S/C16H35O7P/c1-4-7-10-20-13-16-23-24(17,21-14-11-18-8-5-2)22-15-12-19-9-6-3/h4-16H2,1-3H3. The quantitative estimate of drug-likeness (QED) is 0.253. The topological polar surface area (TPSA) is 72.5 Å². The van der Waals surface area contributed by atoms with Crippen molar-refractivity contribution in [3.8, 4) is 0 Å². The molecule has 0 atom stereocenters. The summed E-state index contributed by atoms with van der Waals surface area (Å²) in [4.78, 5) is 0. The molecule has 24 heavy (non-hydrogen) atoms. The average Bonchev–Trinajstić information content (AvgIpc) is 2.58. The van der Waals surface area contributed by atoms with Gasteiger partial charge in [0.2, 0.25) is 0 Å². The monoisotopic (exact) mass is 370 g/mol. The first kappa shape index (κ1) is 24.0. The van der Waals surface area contributed by atoms with Crippen molar-refractivity contribution in [3.63, 3.8) is 0 Å². The van der Waals surface area contributed by atoms with Gasteiger partial charge >= 0.3 is 7.82 Å². The van der Waals surface area contributed by atoms with E-state index in [-0.39, 0.29) is 19.8 Å². The minimum absolute atomic E-state index is 0.157. The number of phosphoric acid groups is 1. The zero-order valence-electron chi connectivity index (χ0n) is 15.5. The van der Waals surface area contributed by atoms with Crippen LogP contribution >= 0.6 is 7.82 Å². The third-order valence-corrected chi connectivity index (χ3v) is 4.27. The molecular weight excluding hydrogens is 335 g/mol. The van der Waals surface area contributed by atoms with Crippen LogP contribution < -0.4 is 0 Å². The van der Waals surface area contributed by atoms with E-state index in [0.717, 1.165) is 25.7 Å². The van der Waals surface area contributed by atoms with Gasteiger partial charge in [-0.3, -0.25) is 13.6 Å². The highest BCUT2D eigenvalue weighted by Gasteiger charge is 2.26. The van der Waals surface area contributed by atoms with Gasteiger partial charge in [-0.2, -0.15) is 0 Å². The number of ether oxygens (including phenoxy) is 3. The van der Waals surface area contributed by atoms with E-state index in [4.69, 9.17) is 27.8 Å². The van der Waals surface area contributed by atoms with Crippen molar-refractivity contribution in [2.45, 2.75) is 46.5 Å². The van der Waals surface area contributed by atoms with Crippen LogP contribution in [0.4, 0.5) is 0 Å². The molecule has 0 aliphatic heterocycles. The maximum absolute atomic E-state index is 12.5. The second-order valence-corrected chi connectivity index (χ2v) is 6.81. The Hall–Kier alpha value is -0.0100. The van der Waals surface area contributed by atoms with Gasteiger partial charge in [-0.05, 0) is 19.3 Å². The molecule has 0 bridgehead atoms. The number of phosphoric ester groups is 1. The fraction of sp³-hybridized carbons (Fsp3) is 1.00. The van der Waals surface area contributed by atoms with Crippen molar-refractivity contribution in [1.82, 2.24) is 0 Å². The smallest absolute Gasteiger partial charge is 0.379 e.